The molecule has 0 aliphatic heterocycles. The molecule has 0 aliphatic rings. The molecule has 0 radical (unpaired) electrons. The average molecular weight is 243 g/mol. The smallest absolute Gasteiger partial charge is 0.00965 e. The van der Waals surface area contributed by atoms with Crippen molar-refractivity contribution in [3.63, 3.8) is 0 Å². The van der Waals surface area contributed by atoms with Gasteiger partial charge in [-0.05, 0) is 81.3 Å². The van der Waals surface area contributed by atoms with Crippen LogP contribution in [0.25, 0.3) is 0 Å². The van der Waals surface area contributed by atoms with E-state index in [9.17, 15) is 0 Å². The van der Waals surface area contributed by atoms with Crippen molar-refractivity contribution in [2.24, 2.45) is 0 Å². The van der Waals surface area contributed by atoms with Gasteiger partial charge < -0.3 is 15.1 Å². The molecule has 1 unspecified atom stereocenters. The molecule has 0 amide bonds. The lowest BCUT2D eigenvalue weighted by Gasteiger charge is -2.27. The van der Waals surface area contributed by atoms with Crippen molar-refractivity contribution in [2.75, 3.05) is 40.8 Å². The van der Waals surface area contributed by atoms with E-state index < -0.39 is 0 Å². The van der Waals surface area contributed by atoms with Crippen molar-refractivity contribution >= 4 is 0 Å². The van der Waals surface area contributed by atoms with Gasteiger partial charge in [0.05, 0.1) is 0 Å². The van der Waals surface area contributed by atoms with E-state index in [0.29, 0.717) is 6.04 Å². The number of nitrogens with zero attached hydrogens (tertiary/aromatic N) is 2. The van der Waals surface area contributed by atoms with Crippen molar-refractivity contribution in [3.8, 4) is 0 Å². The lowest BCUT2D eigenvalue weighted by Crippen LogP contribution is -2.40. The molecule has 0 fully saturated rings. The summed E-state index contributed by atoms with van der Waals surface area (Å²) < 4.78 is 0. The minimum Gasteiger partial charge on any atom is -0.312 e. The van der Waals surface area contributed by atoms with Gasteiger partial charge in [-0.1, -0.05) is 0 Å². The number of rotatable bonds is 8. The Morgan fingerprint density at radius 3 is 2.12 bits per heavy atom. The van der Waals surface area contributed by atoms with Gasteiger partial charge in [-0.3, -0.25) is 0 Å². The van der Waals surface area contributed by atoms with Crippen molar-refractivity contribution in [3.05, 3.63) is 0 Å². The maximum absolute atomic E-state index is 3.55. The van der Waals surface area contributed by atoms with Crippen LogP contribution in [0, 0.1) is 0 Å². The zero-order chi connectivity index (χ0) is 13.5. The van der Waals surface area contributed by atoms with Crippen molar-refractivity contribution in [2.45, 2.75) is 52.1 Å². The molecule has 3 nitrogen and oxygen atoms in total. The summed E-state index contributed by atoms with van der Waals surface area (Å²) in [5, 5.41) is 3.55. The van der Waals surface area contributed by atoms with Gasteiger partial charge in [-0.15, -0.1) is 0 Å². The summed E-state index contributed by atoms with van der Waals surface area (Å²) in [7, 11) is 6.50. The molecule has 0 spiro atoms. The van der Waals surface area contributed by atoms with Gasteiger partial charge >= 0.3 is 0 Å². The highest BCUT2D eigenvalue weighted by molar-refractivity contribution is 4.72. The first-order chi connectivity index (χ1) is 7.72. The largest absolute Gasteiger partial charge is 0.312 e. The monoisotopic (exact) mass is 243 g/mol. The molecule has 0 aliphatic carbocycles. The Bertz CT molecular complexity index is 184. The van der Waals surface area contributed by atoms with Crippen LogP contribution in [0.1, 0.15) is 40.5 Å². The third-order valence-corrected chi connectivity index (χ3v) is 3.09. The zero-order valence-corrected chi connectivity index (χ0v) is 13.0. The Hall–Kier alpha value is -0.120. The quantitative estimate of drug-likeness (QED) is 0.704. The van der Waals surface area contributed by atoms with Crippen LogP contribution in [0.3, 0.4) is 0 Å². The first-order valence-corrected chi connectivity index (χ1v) is 6.82. The van der Waals surface area contributed by atoms with Crippen molar-refractivity contribution in [1.82, 2.24) is 15.1 Å². The Balaban J connectivity index is 3.63. The fourth-order valence-corrected chi connectivity index (χ4v) is 1.73. The van der Waals surface area contributed by atoms with Gasteiger partial charge in [0.25, 0.3) is 0 Å². The fraction of sp³-hybridized carbons (Fsp3) is 1.00. The van der Waals surface area contributed by atoms with Crippen LogP contribution in [-0.2, 0) is 0 Å². The lowest BCUT2D eigenvalue weighted by molar-refractivity contribution is 0.226. The minimum absolute atomic E-state index is 0.239. The summed E-state index contributed by atoms with van der Waals surface area (Å²) in [6, 6.07) is 0.659. The van der Waals surface area contributed by atoms with Crippen LogP contribution in [0.5, 0.6) is 0 Å². The van der Waals surface area contributed by atoms with Crippen LogP contribution in [0.4, 0.5) is 0 Å². The van der Waals surface area contributed by atoms with E-state index >= 15 is 0 Å². The Morgan fingerprint density at radius 2 is 1.65 bits per heavy atom. The predicted molar refractivity (Wildman–Crippen MR) is 77.6 cm³/mol. The maximum Gasteiger partial charge on any atom is 0.00965 e. The SMILES string of the molecule is CC(CCNC(C)(C)C)N(C)CCCN(C)C. The van der Waals surface area contributed by atoms with E-state index in [4.69, 9.17) is 0 Å². The molecule has 1 atom stereocenters. The first kappa shape index (κ1) is 16.9. The van der Waals surface area contributed by atoms with Crippen LogP contribution in [0.15, 0.2) is 0 Å². The van der Waals surface area contributed by atoms with Gasteiger partial charge in [0, 0.05) is 11.6 Å². The third kappa shape index (κ3) is 10.7. The summed E-state index contributed by atoms with van der Waals surface area (Å²) in [5.41, 5.74) is 0.239. The summed E-state index contributed by atoms with van der Waals surface area (Å²) >= 11 is 0. The first-order valence-electron chi connectivity index (χ1n) is 6.82. The van der Waals surface area contributed by atoms with E-state index in [-0.39, 0.29) is 5.54 Å². The molecule has 0 heterocycles. The van der Waals surface area contributed by atoms with Crippen molar-refractivity contribution < 1.29 is 0 Å². The Morgan fingerprint density at radius 1 is 1.06 bits per heavy atom. The number of hydrogen-bond donors (Lipinski definition) is 1. The molecule has 0 aromatic carbocycles. The average Bonchev–Trinajstić information content (AvgIpc) is 2.14. The molecule has 1 N–H and O–H groups in total. The predicted octanol–water partition coefficient (Wildman–Crippen LogP) is 2.04. The fourth-order valence-electron chi connectivity index (χ4n) is 1.73. The minimum atomic E-state index is 0.239. The molecule has 0 saturated heterocycles. The van der Waals surface area contributed by atoms with Gasteiger partial charge in [0.1, 0.15) is 0 Å². The van der Waals surface area contributed by atoms with E-state index in [0.717, 1.165) is 6.54 Å². The zero-order valence-electron chi connectivity index (χ0n) is 13.0. The molecular weight excluding hydrogens is 210 g/mol. The van der Waals surface area contributed by atoms with E-state index in [1.165, 1.54) is 25.9 Å². The number of hydrogen-bond acceptors (Lipinski definition) is 3. The van der Waals surface area contributed by atoms with E-state index in [1.54, 1.807) is 0 Å². The topological polar surface area (TPSA) is 18.5 Å². The Labute approximate surface area is 109 Å². The molecular formula is C14H33N3. The van der Waals surface area contributed by atoms with Gasteiger partial charge in [-0.2, -0.15) is 0 Å². The maximum atomic E-state index is 3.55. The standard InChI is InChI=1S/C14H33N3/c1-13(9-10-15-14(2,3)4)17(7)12-8-11-16(5)6/h13,15H,8-12H2,1-7H3. The van der Waals surface area contributed by atoms with Crippen LogP contribution in [-0.4, -0.2) is 62.2 Å². The normalized spacial score (nSPS) is 14.6. The second-order valence-electron chi connectivity index (χ2n) is 6.45. The third-order valence-electron chi connectivity index (χ3n) is 3.09. The highest BCUT2D eigenvalue weighted by Crippen LogP contribution is 2.04. The highest BCUT2D eigenvalue weighted by Gasteiger charge is 2.12. The molecule has 0 aromatic heterocycles. The highest BCUT2D eigenvalue weighted by atomic mass is 15.1. The molecule has 104 valence electrons. The molecule has 0 saturated carbocycles. The summed E-state index contributed by atoms with van der Waals surface area (Å²) in [6.45, 7) is 12.4. The van der Waals surface area contributed by atoms with Crippen LogP contribution >= 0.6 is 0 Å². The van der Waals surface area contributed by atoms with Gasteiger partial charge in [-0.25, -0.2) is 0 Å². The van der Waals surface area contributed by atoms with E-state index in [1.807, 2.05) is 0 Å². The Kier molecular flexibility index (Phi) is 8.01. The lowest BCUT2D eigenvalue weighted by atomic mass is 10.1. The molecule has 0 aromatic rings. The summed E-state index contributed by atoms with van der Waals surface area (Å²) in [4.78, 5) is 4.72. The molecule has 3 heteroatoms. The second kappa shape index (κ2) is 8.06. The van der Waals surface area contributed by atoms with Crippen LogP contribution in [0.2, 0.25) is 0 Å². The summed E-state index contributed by atoms with van der Waals surface area (Å²) in [6.07, 6.45) is 2.47. The van der Waals surface area contributed by atoms with Crippen LogP contribution < -0.4 is 5.32 Å². The molecule has 17 heavy (non-hydrogen) atoms. The molecule has 0 rings (SSSR count). The van der Waals surface area contributed by atoms with Crippen molar-refractivity contribution in [1.29, 1.82) is 0 Å². The van der Waals surface area contributed by atoms with E-state index in [2.05, 4.69) is 64.0 Å². The summed E-state index contributed by atoms with van der Waals surface area (Å²) in [5.74, 6) is 0. The van der Waals surface area contributed by atoms with Gasteiger partial charge in [0.15, 0.2) is 0 Å². The second-order valence-corrected chi connectivity index (χ2v) is 6.45. The molecule has 0 bridgehead atoms. The van der Waals surface area contributed by atoms with Gasteiger partial charge in [0.2, 0.25) is 0 Å². The number of nitrogens with one attached hydrogen (secondary N) is 1.